The zero-order chi connectivity index (χ0) is 16.0. The number of nitrogens with one attached hydrogen (secondary N) is 1. The van der Waals surface area contributed by atoms with Crippen LogP contribution in [0.2, 0.25) is 0 Å². The molecule has 0 fully saturated rings. The molecule has 1 unspecified atom stereocenters. The lowest BCUT2D eigenvalue weighted by molar-refractivity contribution is 0.0926. The van der Waals surface area contributed by atoms with Crippen LogP contribution >= 0.6 is 0 Å². The second-order valence-corrected chi connectivity index (χ2v) is 5.95. The summed E-state index contributed by atoms with van der Waals surface area (Å²) in [5, 5.41) is 7.32. The number of aromatic nitrogens is 4. The van der Waals surface area contributed by atoms with Crippen LogP contribution in [0.15, 0.2) is 30.3 Å². The van der Waals surface area contributed by atoms with Crippen molar-refractivity contribution in [2.45, 2.75) is 32.7 Å². The molecule has 1 N–H and O–H groups in total. The number of carbonyl (C=O) groups excluding carboxylic acids is 1. The van der Waals surface area contributed by atoms with Crippen LogP contribution in [0.5, 0.6) is 0 Å². The van der Waals surface area contributed by atoms with Gasteiger partial charge in [0.1, 0.15) is 0 Å². The van der Waals surface area contributed by atoms with Crippen molar-refractivity contribution in [3.8, 4) is 0 Å². The van der Waals surface area contributed by atoms with E-state index in [0.29, 0.717) is 5.78 Å². The molecule has 0 aliphatic heterocycles. The molecule has 0 bridgehead atoms. The van der Waals surface area contributed by atoms with Crippen LogP contribution in [0.1, 0.15) is 45.6 Å². The third kappa shape index (κ3) is 2.36. The molecule has 116 valence electrons. The van der Waals surface area contributed by atoms with Crippen molar-refractivity contribution >= 4 is 11.7 Å². The molecule has 1 aliphatic carbocycles. The minimum absolute atomic E-state index is 0.0288. The lowest BCUT2D eigenvalue weighted by Gasteiger charge is -2.12. The Bertz CT molecular complexity index is 914. The van der Waals surface area contributed by atoms with Gasteiger partial charge in [-0.25, -0.2) is 9.50 Å². The third-order valence-corrected chi connectivity index (χ3v) is 4.26. The molecule has 0 saturated carbocycles. The van der Waals surface area contributed by atoms with Crippen molar-refractivity contribution < 1.29 is 4.79 Å². The summed E-state index contributed by atoms with van der Waals surface area (Å²) >= 11 is 0. The lowest BCUT2D eigenvalue weighted by atomic mass is 10.1. The molecule has 1 aliphatic rings. The van der Waals surface area contributed by atoms with Gasteiger partial charge in [0.25, 0.3) is 11.7 Å². The minimum Gasteiger partial charge on any atom is -0.342 e. The highest BCUT2D eigenvalue weighted by atomic mass is 16.2. The Hall–Kier alpha value is -2.76. The summed E-state index contributed by atoms with van der Waals surface area (Å²) in [5.41, 5.74) is 4.26. The Morgan fingerprint density at radius 1 is 1.26 bits per heavy atom. The van der Waals surface area contributed by atoms with Gasteiger partial charge in [0.15, 0.2) is 0 Å². The van der Waals surface area contributed by atoms with E-state index in [2.05, 4.69) is 32.5 Å². The Labute approximate surface area is 133 Å². The molecule has 0 spiro atoms. The van der Waals surface area contributed by atoms with E-state index in [1.165, 1.54) is 11.1 Å². The highest BCUT2D eigenvalue weighted by molar-refractivity contribution is 5.91. The number of nitrogens with zero attached hydrogens (tertiary/aromatic N) is 4. The average Bonchev–Trinajstić information content (AvgIpc) is 3.12. The fraction of sp³-hybridized carbons (Fsp3) is 0.294. The molecule has 6 nitrogen and oxygen atoms in total. The number of amides is 1. The van der Waals surface area contributed by atoms with Gasteiger partial charge in [-0.2, -0.15) is 4.98 Å². The smallest absolute Gasteiger partial charge is 0.291 e. The molecule has 0 saturated heterocycles. The third-order valence-electron chi connectivity index (χ3n) is 4.26. The van der Waals surface area contributed by atoms with Gasteiger partial charge in [-0.15, -0.1) is 5.10 Å². The minimum atomic E-state index is -0.255. The number of rotatable bonds is 2. The standard InChI is InChI=1S/C17H17N5O/c1-10-9-11(2)22-17(18-10)20-15(21-22)16(23)19-14-8-7-12-5-3-4-6-13(12)14/h3-6,9,14H,7-8H2,1-2H3,(H,19,23). The summed E-state index contributed by atoms with van der Waals surface area (Å²) in [4.78, 5) is 21.1. The van der Waals surface area contributed by atoms with Gasteiger partial charge in [-0.05, 0) is 43.9 Å². The molecule has 4 rings (SSSR count). The van der Waals surface area contributed by atoms with E-state index in [0.717, 1.165) is 24.2 Å². The second-order valence-electron chi connectivity index (χ2n) is 5.95. The van der Waals surface area contributed by atoms with Crippen LogP contribution in [-0.2, 0) is 6.42 Å². The maximum atomic E-state index is 12.5. The van der Waals surface area contributed by atoms with E-state index in [-0.39, 0.29) is 17.8 Å². The van der Waals surface area contributed by atoms with Gasteiger partial charge >= 0.3 is 0 Å². The normalized spacial score (nSPS) is 16.5. The number of benzene rings is 1. The summed E-state index contributed by atoms with van der Waals surface area (Å²) in [5.74, 6) is 0.365. The molecule has 1 amide bonds. The van der Waals surface area contributed by atoms with E-state index in [1.807, 2.05) is 32.0 Å². The Kier molecular flexibility index (Phi) is 3.11. The topological polar surface area (TPSA) is 72.2 Å². The molecule has 3 aromatic rings. The largest absolute Gasteiger partial charge is 0.342 e. The van der Waals surface area contributed by atoms with E-state index >= 15 is 0 Å². The predicted octanol–water partition coefficient (Wildman–Crippen LogP) is 2.16. The highest BCUT2D eigenvalue weighted by Crippen LogP contribution is 2.30. The first-order valence-electron chi connectivity index (χ1n) is 7.71. The molecule has 23 heavy (non-hydrogen) atoms. The van der Waals surface area contributed by atoms with E-state index in [1.54, 1.807) is 4.52 Å². The summed E-state index contributed by atoms with van der Waals surface area (Å²) in [6.45, 7) is 3.82. The zero-order valence-corrected chi connectivity index (χ0v) is 13.1. The van der Waals surface area contributed by atoms with E-state index < -0.39 is 0 Å². The predicted molar refractivity (Wildman–Crippen MR) is 85.2 cm³/mol. The monoisotopic (exact) mass is 307 g/mol. The Balaban J connectivity index is 1.62. The number of carbonyl (C=O) groups is 1. The molecule has 0 radical (unpaired) electrons. The first-order chi connectivity index (χ1) is 11.1. The summed E-state index contributed by atoms with van der Waals surface area (Å²) < 4.78 is 1.60. The van der Waals surface area contributed by atoms with Crippen molar-refractivity contribution in [1.82, 2.24) is 24.9 Å². The molecular formula is C17H17N5O. The summed E-state index contributed by atoms with van der Waals surface area (Å²) in [7, 11) is 0. The van der Waals surface area contributed by atoms with Crippen molar-refractivity contribution in [3.05, 3.63) is 58.7 Å². The molecule has 1 atom stereocenters. The fourth-order valence-corrected chi connectivity index (χ4v) is 3.19. The Morgan fingerprint density at radius 2 is 2.09 bits per heavy atom. The van der Waals surface area contributed by atoms with Crippen LogP contribution in [0.4, 0.5) is 0 Å². The van der Waals surface area contributed by atoms with Crippen molar-refractivity contribution in [2.75, 3.05) is 0 Å². The Morgan fingerprint density at radius 3 is 2.96 bits per heavy atom. The van der Waals surface area contributed by atoms with Gasteiger partial charge in [0.2, 0.25) is 5.82 Å². The van der Waals surface area contributed by atoms with Gasteiger partial charge in [0, 0.05) is 11.4 Å². The number of fused-ring (bicyclic) bond motifs is 2. The highest BCUT2D eigenvalue weighted by Gasteiger charge is 2.25. The molecule has 1 aromatic carbocycles. The van der Waals surface area contributed by atoms with Gasteiger partial charge in [0.05, 0.1) is 6.04 Å². The second kappa shape index (κ2) is 5.15. The number of aryl methyl sites for hydroxylation is 3. The van der Waals surface area contributed by atoms with Crippen LogP contribution in [-0.4, -0.2) is 25.5 Å². The van der Waals surface area contributed by atoms with Crippen LogP contribution in [0.3, 0.4) is 0 Å². The first-order valence-corrected chi connectivity index (χ1v) is 7.71. The van der Waals surface area contributed by atoms with Crippen LogP contribution in [0, 0.1) is 13.8 Å². The zero-order valence-electron chi connectivity index (χ0n) is 13.1. The van der Waals surface area contributed by atoms with Gasteiger partial charge < -0.3 is 5.32 Å². The summed E-state index contributed by atoms with van der Waals surface area (Å²) in [6.07, 6.45) is 1.90. The lowest BCUT2D eigenvalue weighted by Crippen LogP contribution is -2.28. The van der Waals surface area contributed by atoms with Crippen molar-refractivity contribution in [1.29, 1.82) is 0 Å². The average molecular weight is 307 g/mol. The van der Waals surface area contributed by atoms with Crippen molar-refractivity contribution in [3.63, 3.8) is 0 Å². The van der Waals surface area contributed by atoms with Crippen LogP contribution < -0.4 is 5.32 Å². The number of hydrogen-bond acceptors (Lipinski definition) is 4. The molecule has 2 aromatic heterocycles. The van der Waals surface area contributed by atoms with E-state index in [9.17, 15) is 4.79 Å². The van der Waals surface area contributed by atoms with Gasteiger partial charge in [-0.1, -0.05) is 24.3 Å². The molecule has 2 heterocycles. The molecular weight excluding hydrogens is 290 g/mol. The number of hydrogen-bond donors (Lipinski definition) is 1. The van der Waals surface area contributed by atoms with Crippen LogP contribution in [0.25, 0.3) is 5.78 Å². The SMILES string of the molecule is Cc1cc(C)n2nc(C(=O)NC3CCc4ccccc43)nc2n1. The van der Waals surface area contributed by atoms with E-state index in [4.69, 9.17) is 0 Å². The van der Waals surface area contributed by atoms with Gasteiger partial charge in [-0.3, -0.25) is 4.79 Å². The first kappa shape index (κ1) is 13.9. The quantitative estimate of drug-likeness (QED) is 0.787. The van der Waals surface area contributed by atoms with Crippen molar-refractivity contribution in [2.24, 2.45) is 0 Å². The fourth-order valence-electron chi connectivity index (χ4n) is 3.19. The maximum absolute atomic E-state index is 12.5. The molecule has 6 heteroatoms. The maximum Gasteiger partial charge on any atom is 0.291 e. The summed E-state index contributed by atoms with van der Waals surface area (Å²) in [6, 6.07) is 10.2.